The van der Waals surface area contributed by atoms with Crippen LogP contribution in [0.2, 0.25) is 0 Å². The number of nitrogens with one attached hydrogen (secondary N) is 1. The van der Waals surface area contributed by atoms with Gasteiger partial charge in [-0.15, -0.1) is 0 Å². The molecule has 6 heteroatoms. The summed E-state index contributed by atoms with van der Waals surface area (Å²) >= 11 is 0. The summed E-state index contributed by atoms with van der Waals surface area (Å²) in [5.74, 6) is 2.37. The molecule has 1 fully saturated rings. The normalized spacial score (nSPS) is 20.8. The van der Waals surface area contributed by atoms with Gasteiger partial charge in [0.2, 0.25) is 0 Å². The van der Waals surface area contributed by atoms with Gasteiger partial charge in [0, 0.05) is 12.6 Å². The number of rotatable bonds is 6. The second-order valence-electron chi connectivity index (χ2n) is 5.12. The highest BCUT2D eigenvalue weighted by Crippen LogP contribution is 2.22. The predicted molar refractivity (Wildman–Crippen MR) is 78.0 cm³/mol. The van der Waals surface area contributed by atoms with Gasteiger partial charge >= 0.3 is 0 Å². The first-order valence-electron chi connectivity index (χ1n) is 6.65. The fraction of sp³-hybridized carbons (Fsp3) is 0.571. The highest BCUT2D eigenvalue weighted by Gasteiger charge is 2.27. The lowest BCUT2D eigenvalue weighted by Crippen LogP contribution is -2.23. The predicted octanol–water partition coefficient (Wildman–Crippen LogP) is 1.23. The van der Waals surface area contributed by atoms with E-state index >= 15 is 0 Å². The van der Waals surface area contributed by atoms with Crippen LogP contribution < -0.4 is 14.8 Å². The fourth-order valence-corrected chi connectivity index (χ4v) is 4.28. The fourth-order valence-electron chi connectivity index (χ4n) is 2.42. The highest BCUT2D eigenvalue weighted by molar-refractivity contribution is 7.91. The minimum atomic E-state index is -2.79. The summed E-state index contributed by atoms with van der Waals surface area (Å²) in [7, 11) is 0.449. The van der Waals surface area contributed by atoms with Gasteiger partial charge < -0.3 is 14.8 Å². The van der Waals surface area contributed by atoms with E-state index in [1.165, 1.54) is 0 Å². The Morgan fingerprint density at radius 3 is 2.35 bits per heavy atom. The number of methoxy groups -OCH3 is 2. The summed E-state index contributed by atoms with van der Waals surface area (Å²) in [5, 5.41) is 3.31. The first kappa shape index (κ1) is 15.1. The van der Waals surface area contributed by atoms with Crippen molar-refractivity contribution < 1.29 is 17.9 Å². The monoisotopic (exact) mass is 299 g/mol. The van der Waals surface area contributed by atoms with Crippen LogP contribution in [0, 0.1) is 5.92 Å². The van der Waals surface area contributed by atoms with Crippen molar-refractivity contribution in [2.45, 2.75) is 13.0 Å². The second kappa shape index (κ2) is 6.45. The Morgan fingerprint density at radius 1 is 1.20 bits per heavy atom. The molecule has 0 aliphatic carbocycles. The van der Waals surface area contributed by atoms with E-state index in [-0.39, 0.29) is 5.92 Å². The van der Waals surface area contributed by atoms with Gasteiger partial charge in [-0.2, -0.15) is 0 Å². The molecule has 0 saturated carbocycles. The van der Waals surface area contributed by atoms with Crippen LogP contribution in [0.1, 0.15) is 12.0 Å². The maximum atomic E-state index is 11.4. The van der Waals surface area contributed by atoms with Gasteiger partial charge in [0.1, 0.15) is 11.5 Å². The van der Waals surface area contributed by atoms with Crippen LogP contribution in [0.3, 0.4) is 0 Å². The van der Waals surface area contributed by atoms with Gasteiger partial charge in [-0.1, -0.05) is 0 Å². The van der Waals surface area contributed by atoms with Crippen molar-refractivity contribution >= 4 is 9.84 Å². The van der Waals surface area contributed by atoms with Crippen LogP contribution in [0.5, 0.6) is 11.5 Å². The Bertz CT molecular complexity index is 534. The molecule has 112 valence electrons. The molecule has 1 N–H and O–H groups in total. The summed E-state index contributed by atoms with van der Waals surface area (Å²) in [4.78, 5) is 0. The van der Waals surface area contributed by atoms with E-state index in [1.807, 2.05) is 18.2 Å². The Kier molecular flexibility index (Phi) is 4.88. The largest absolute Gasteiger partial charge is 0.497 e. The third-order valence-electron chi connectivity index (χ3n) is 3.50. The minimum Gasteiger partial charge on any atom is -0.497 e. The Balaban J connectivity index is 1.88. The molecule has 1 unspecified atom stereocenters. The van der Waals surface area contributed by atoms with Gasteiger partial charge in [0.15, 0.2) is 9.84 Å². The molecule has 1 saturated heterocycles. The Hall–Kier alpha value is -1.27. The number of hydrogen-bond acceptors (Lipinski definition) is 5. The molecule has 20 heavy (non-hydrogen) atoms. The molecule has 1 atom stereocenters. The molecule has 1 aliphatic heterocycles. The Labute approximate surface area is 120 Å². The zero-order valence-corrected chi connectivity index (χ0v) is 12.7. The van der Waals surface area contributed by atoms with Crippen LogP contribution >= 0.6 is 0 Å². The quantitative estimate of drug-likeness (QED) is 0.856. The summed E-state index contributed by atoms with van der Waals surface area (Å²) in [6.45, 7) is 1.39. The van der Waals surface area contributed by atoms with Crippen molar-refractivity contribution in [3.05, 3.63) is 23.8 Å². The lowest BCUT2D eigenvalue weighted by molar-refractivity contribution is 0.393. The lowest BCUT2D eigenvalue weighted by Gasteiger charge is -2.11. The Morgan fingerprint density at radius 2 is 1.85 bits per heavy atom. The van der Waals surface area contributed by atoms with Crippen molar-refractivity contribution in [2.24, 2.45) is 5.92 Å². The summed E-state index contributed by atoms with van der Waals surface area (Å²) < 4.78 is 33.2. The molecule has 0 spiro atoms. The molecule has 0 aromatic heterocycles. The van der Waals surface area contributed by atoms with E-state index in [9.17, 15) is 8.42 Å². The maximum Gasteiger partial charge on any atom is 0.150 e. The average molecular weight is 299 g/mol. The average Bonchev–Trinajstić information content (AvgIpc) is 2.77. The SMILES string of the molecule is COc1cc(CNCC2CCS(=O)(=O)C2)cc(OC)c1. The van der Waals surface area contributed by atoms with Crippen molar-refractivity contribution in [2.75, 3.05) is 32.3 Å². The van der Waals surface area contributed by atoms with Gasteiger partial charge in [0.05, 0.1) is 25.7 Å². The van der Waals surface area contributed by atoms with Crippen molar-refractivity contribution in [1.82, 2.24) is 5.32 Å². The van der Waals surface area contributed by atoms with Gasteiger partial charge in [-0.25, -0.2) is 8.42 Å². The van der Waals surface area contributed by atoms with E-state index in [0.29, 0.717) is 18.1 Å². The third kappa shape index (κ3) is 4.11. The molecular weight excluding hydrogens is 278 g/mol. The van der Waals surface area contributed by atoms with E-state index in [0.717, 1.165) is 30.0 Å². The third-order valence-corrected chi connectivity index (χ3v) is 5.34. The van der Waals surface area contributed by atoms with Gasteiger partial charge in [0.25, 0.3) is 0 Å². The lowest BCUT2D eigenvalue weighted by atomic mass is 10.1. The topological polar surface area (TPSA) is 64.6 Å². The molecule has 0 radical (unpaired) electrons. The number of hydrogen-bond donors (Lipinski definition) is 1. The molecular formula is C14H21NO4S. The molecule has 2 rings (SSSR count). The smallest absolute Gasteiger partial charge is 0.150 e. The molecule has 1 heterocycles. The molecule has 1 aromatic carbocycles. The van der Waals surface area contributed by atoms with Crippen LogP contribution in [0.25, 0.3) is 0 Å². The minimum absolute atomic E-state index is 0.229. The van der Waals surface area contributed by atoms with E-state index < -0.39 is 9.84 Å². The summed E-state index contributed by atoms with van der Waals surface area (Å²) in [5.41, 5.74) is 1.06. The van der Waals surface area contributed by atoms with E-state index in [4.69, 9.17) is 9.47 Å². The van der Waals surface area contributed by atoms with Gasteiger partial charge in [-0.05, 0) is 36.6 Å². The van der Waals surface area contributed by atoms with E-state index in [2.05, 4.69) is 5.32 Å². The van der Waals surface area contributed by atoms with Crippen LogP contribution in [0.4, 0.5) is 0 Å². The van der Waals surface area contributed by atoms with Crippen molar-refractivity contribution in [3.63, 3.8) is 0 Å². The van der Waals surface area contributed by atoms with Crippen LogP contribution in [0.15, 0.2) is 18.2 Å². The molecule has 1 aromatic rings. The molecule has 1 aliphatic rings. The first-order chi connectivity index (χ1) is 9.52. The molecule has 5 nitrogen and oxygen atoms in total. The first-order valence-corrected chi connectivity index (χ1v) is 8.47. The van der Waals surface area contributed by atoms with Crippen LogP contribution in [-0.2, 0) is 16.4 Å². The number of ether oxygens (including phenoxy) is 2. The zero-order chi connectivity index (χ0) is 14.6. The second-order valence-corrected chi connectivity index (χ2v) is 7.35. The maximum absolute atomic E-state index is 11.4. The zero-order valence-electron chi connectivity index (χ0n) is 11.9. The number of sulfone groups is 1. The molecule has 0 bridgehead atoms. The van der Waals surface area contributed by atoms with Crippen molar-refractivity contribution in [1.29, 1.82) is 0 Å². The van der Waals surface area contributed by atoms with E-state index in [1.54, 1.807) is 14.2 Å². The molecule has 0 amide bonds. The van der Waals surface area contributed by atoms with Gasteiger partial charge in [-0.3, -0.25) is 0 Å². The summed E-state index contributed by atoms with van der Waals surface area (Å²) in [6.07, 6.45) is 0.761. The number of benzene rings is 1. The summed E-state index contributed by atoms with van der Waals surface area (Å²) in [6, 6.07) is 5.72. The highest BCUT2D eigenvalue weighted by atomic mass is 32.2. The standard InChI is InChI=1S/C14H21NO4S/c1-18-13-5-12(6-14(7-13)19-2)9-15-8-11-3-4-20(16,17)10-11/h5-7,11,15H,3-4,8-10H2,1-2H3. The van der Waals surface area contributed by atoms with Crippen molar-refractivity contribution in [3.8, 4) is 11.5 Å². The van der Waals surface area contributed by atoms with Crippen LogP contribution in [-0.4, -0.2) is 40.7 Å².